The summed E-state index contributed by atoms with van der Waals surface area (Å²) in [5.74, 6) is 1.83. The molecule has 5 heteroatoms. The number of rotatable bonds is 8. The van der Waals surface area contributed by atoms with Crippen LogP contribution in [0.5, 0.6) is 5.75 Å². The highest BCUT2D eigenvalue weighted by Gasteiger charge is 2.20. The molecule has 0 amide bonds. The Hall–Kier alpha value is -1.75. The van der Waals surface area contributed by atoms with Crippen molar-refractivity contribution in [1.29, 1.82) is 0 Å². The average Bonchev–Trinajstić information content (AvgIpc) is 3.15. The Balaban J connectivity index is 1.79. The van der Waals surface area contributed by atoms with Crippen LogP contribution < -0.4 is 15.4 Å². The third kappa shape index (κ3) is 5.92. The van der Waals surface area contributed by atoms with Gasteiger partial charge in [0.25, 0.3) is 0 Å². The molecule has 2 N–H and O–H groups in total. The fraction of sp³-hybridized carbons (Fsp3) is 0.650. The van der Waals surface area contributed by atoms with E-state index in [0.29, 0.717) is 6.04 Å². The fourth-order valence-electron chi connectivity index (χ4n) is 3.49. The van der Waals surface area contributed by atoms with Crippen molar-refractivity contribution in [2.24, 2.45) is 4.99 Å². The molecule has 2 rings (SSSR count). The summed E-state index contributed by atoms with van der Waals surface area (Å²) in [5.41, 5.74) is 2.49. The predicted molar refractivity (Wildman–Crippen MR) is 106 cm³/mol. The van der Waals surface area contributed by atoms with E-state index in [1.54, 1.807) is 7.11 Å². The van der Waals surface area contributed by atoms with Crippen LogP contribution in [-0.2, 0) is 6.42 Å². The number of benzene rings is 1. The summed E-state index contributed by atoms with van der Waals surface area (Å²) in [6.45, 7) is 8.63. The molecule has 1 heterocycles. The van der Waals surface area contributed by atoms with Crippen LogP contribution in [0.1, 0.15) is 37.3 Å². The monoisotopic (exact) mass is 346 g/mol. The molecule has 0 radical (unpaired) electrons. The van der Waals surface area contributed by atoms with Crippen molar-refractivity contribution in [1.82, 2.24) is 15.5 Å². The lowest BCUT2D eigenvalue weighted by Crippen LogP contribution is -2.46. The molecule has 0 aromatic heterocycles. The number of likely N-dealkylation sites (tertiary alicyclic amines) is 1. The molecule has 0 spiro atoms. The van der Waals surface area contributed by atoms with Crippen molar-refractivity contribution in [3.63, 3.8) is 0 Å². The van der Waals surface area contributed by atoms with E-state index in [1.165, 1.54) is 43.5 Å². The first-order chi connectivity index (χ1) is 12.2. The Morgan fingerprint density at radius 1 is 1.28 bits per heavy atom. The lowest BCUT2D eigenvalue weighted by Gasteiger charge is -2.27. The zero-order valence-corrected chi connectivity index (χ0v) is 16.3. The molecule has 140 valence electrons. The second kappa shape index (κ2) is 10.3. The van der Waals surface area contributed by atoms with E-state index in [9.17, 15) is 0 Å². The third-order valence-electron chi connectivity index (χ3n) is 4.98. The van der Waals surface area contributed by atoms with Gasteiger partial charge < -0.3 is 15.4 Å². The normalized spacial score (nSPS) is 16.7. The summed E-state index contributed by atoms with van der Waals surface area (Å²) in [4.78, 5) is 6.95. The molecule has 0 aliphatic carbocycles. The molecule has 0 bridgehead atoms. The molecule has 1 saturated heterocycles. The molecule has 5 nitrogen and oxygen atoms in total. The molecule has 25 heavy (non-hydrogen) atoms. The fourth-order valence-corrected chi connectivity index (χ4v) is 3.49. The van der Waals surface area contributed by atoms with Crippen LogP contribution in [0.2, 0.25) is 0 Å². The molecule has 1 aromatic carbocycles. The van der Waals surface area contributed by atoms with Gasteiger partial charge in [-0.15, -0.1) is 0 Å². The zero-order valence-electron chi connectivity index (χ0n) is 16.3. The molecule has 1 unspecified atom stereocenters. The van der Waals surface area contributed by atoms with Gasteiger partial charge in [-0.1, -0.05) is 24.6 Å². The first-order valence-electron chi connectivity index (χ1n) is 9.50. The second-order valence-corrected chi connectivity index (χ2v) is 6.75. The maximum Gasteiger partial charge on any atom is 0.191 e. The van der Waals surface area contributed by atoms with E-state index in [-0.39, 0.29) is 0 Å². The summed E-state index contributed by atoms with van der Waals surface area (Å²) < 4.78 is 5.46. The first kappa shape index (κ1) is 19.6. The number of hydrogen-bond acceptors (Lipinski definition) is 3. The van der Waals surface area contributed by atoms with Crippen molar-refractivity contribution in [2.45, 2.75) is 45.6 Å². The van der Waals surface area contributed by atoms with Crippen molar-refractivity contribution in [3.8, 4) is 5.75 Å². The highest BCUT2D eigenvalue weighted by Crippen LogP contribution is 2.19. The molecule has 1 atom stereocenters. The largest absolute Gasteiger partial charge is 0.496 e. The van der Waals surface area contributed by atoms with Gasteiger partial charge in [-0.25, -0.2) is 0 Å². The number of methoxy groups -OCH3 is 1. The number of ether oxygens (including phenoxy) is 1. The zero-order chi connectivity index (χ0) is 18.1. The van der Waals surface area contributed by atoms with Crippen molar-refractivity contribution in [3.05, 3.63) is 29.3 Å². The summed E-state index contributed by atoms with van der Waals surface area (Å²) in [5, 5.41) is 6.91. The number of guanidine groups is 1. The first-order valence-corrected chi connectivity index (χ1v) is 9.50. The minimum atomic E-state index is 0.595. The summed E-state index contributed by atoms with van der Waals surface area (Å²) >= 11 is 0. The van der Waals surface area contributed by atoms with Crippen LogP contribution in [0.4, 0.5) is 0 Å². The van der Waals surface area contributed by atoms with Crippen LogP contribution in [0.15, 0.2) is 23.2 Å². The van der Waals surface area contributed by atoms with E-state index in [0.717, 1.165) is 31.2 Å². The molecule has 1 aromatic rings. The number of aliphatic imine (C=N–C) groups is 1. The van der Waals surface area contributed by atoms with Crippen LogP contribution in [-0.4, -0.2) is 57.2 Å². The number of nitrogens with one attached hydrogen (secondary N) is 2. The van der Waals surface area contributed by atoms with E-state index in [1.807, 2.05) is 13.1 Å². The Kier molecular flexibility index (Phi) is 8.06. The SMILES string of the molecule is CCC(CNC(=NC)NCCc1cc(C)ccc1OC)N1CCCC1. The van der Waals surface area contributed by atoms with Gasteiger partial charge in [0.15, 0.2) is 5.96 Å². The minimum Gasteiger partial charge on any atom is -0.496 e. The van der Waals surface area contributed by atoms with Gasteiger partial charge in [-0.2, -0.15) is 0 Å². The maximum atomic E-state index is 5.46. The van der Waals surface area contributed by atoms with Gasteiger partial charge >= 0.3 is 0 Å². The molecule has 1 aliphatic rings. The second-order valence-electron chi connectivity index (χ2n) is 6.75. The van der Waals surface area contributed by atoms with Gasteiger partial charge in [0.2, 0.25) is 0 Å². The topological polar surface area (TPSA) is 48.9 Å². The molecular weight excluding hydrogens is 312 g/mol. The number of hydrogen-bond donors (Lipinski definition) is 2. The highest BCUT2D eigenvalue weighted by molar-refractivity contribution is 5.79. The van der Waals surface area contributed by atoms with E-state index in [2.05, 4.69) is 46.5 Å². The van der Waals surface area contributed by atoms with Crippen LogP contribution in [0, 0.1) is 6.92 Å². The quantitative estimate of drug-likeness (QED) is 0.561. The molecule has 0 saturated carbocycles. The summed E-state index contributed by atoms with van der Waals surface area (Å²) in [6, 6.07) is 6.91. The van der Waals surface area contributed by atoms with Crippen LogP contribution in [0.25, 0.3) is 0 Å². The van der Waals surface area contributed by atoms with Crippen molar-refractivity contribution < 1.29 is 4.74 Å². The Labute approximate surface area is 152 Å². The third-order valence-corrected chi connectivity index (χ3v) is 4.98. The highest BCUT2D eigenvalue weighted by atomic mass is 16.5. The Bertz CT molecular complexity index is 553. The van der Waals surface area contributed by atoms with Gasteiger partial charge in [0.05, 0.1) is 7.11 Å². The average molecular weight is 347 g/mol. The van der Waals surface area contributed by atoms with Crippen LogP contribution >= 0.6 is 0 Å². The van der Waals surface area contributed by atoms with Gasteiger partial charge in [-0.05, 0) is 57.3 Å². The minimum absolute atomic E-state index is 0.595. The van der Waals surface area contributed by atoms with E-state index < -0.39 is 0 Å². The summed E-state index contributed by atoms with van der Waals surface area (Å²) in [6.07, 6.45) is 4.75. The maximum absolute atomic E-state index is 5.46. The standard InChI is InChI=1S/C20H34N4O/c1-5-18(24-12-6-7-13-24)15-23-20(21-3)22-11-10-17-14-16(2)8-9-19(17)25-4/h8-9,14,18H,5-7,10-13,15H2,1-4H3,(H2,21,22,23). The summed E-state index contributed by atoms with van der Waals surface area (Å²) in [7, 11) is 3.56. The Morgan fingerprint density at radius 2 is 2.04 bits per heavy atom. The predicted octanol–water partition coefficient (Wildman–Crippen LogP) is 2.59. The number of aryl methyl sites for hydroxylation is 1. The lowest BCUT2D eigenvalue weighted by molar-refractivity contribution is 0.236. The smallest absolute Gasteiger partial charge is 0.191 e. The van der Waals surface area contributed by atoms with E-state index in [4.69, 9.17) is 4.74 Å². The van der Waals surface area contributed by atoms with Crippen LogP contribution in [0.3, 0.4) is 0 Å². The molecule has 1 fully saturated rings. The van der Waals surface area contributed by atoms with Crippen molar-refractivity contribution in [2.75, 3.05) is 40.3 Å². The number of nitrogens with zero attached hydrogens (tertiary/aromatic N) is 2. The van der Waals surface area contributed by atoms with E-state index >= 15 is 0 Å². The van der Waals surface area contributed by atoms with Gasteiger partial charge in [0, 0.05) is 26.2 Å². The van der Waals surface area contributed by atoms with Gasteiger partial charge in [0.1, 0.15) is 5.75 Å². The molecular formula is C20H34N4O. The van der Waals surface area contributed by atoms with Gasteiger partial charge in [-0.3, -0.25) is 9.89 Å². The Morgan fingerprint density at radius 3 is 2.68 bits per heavy atom. The molecule has 1 aliphatic heterocycles. The van der Waals surface area contributed by atoms with Crippen molar-refractivity contribution >= 4 is 5.96 Å². The lowest BCUT2D eigenvalue weighted by atomic mass is 10.1.